The Morgan fingerprint density at radius 2 is 1.65 bits per heavy atom. The van der Waals surface area contributed by atoms with Crippen LogP contribution in [0.4, 0.5) is 0 Å². The minimum Gasteiger partial charge on any atom is -0.480 e. The largest absolute Gasteiger partial charge is 0.480 e. The van der Waals surface area contributed by atoms with Crippen molar-refractivity contribution in [3.8, 4) is 33.6 Å². The van der Waals surface area contributed by atoms with E-state index in [1.165, 1.54) is 22.3 Å². The van der Waals surface area contributed by atoms with Crippen LogP contribution in [-0.4, -0.2) is 43.2 Å². The zero-order valence-corrected chi connectivity index (χ0v) is 20.7. The fourth-order valence-electron chi connectivity index (χ4n) is 5.42. The van der Waals surface area contributed by atoms with Gasteiger partial charge in [-0.15, -0.1) is 10.2 Å². The summed E-state index contributed by atoms with van der Waals surface area (Å²) in [6.45, 7) is 3.63. The summed E-state index contributed by atoms with van der Waals surface area (Å²) >= 11 is 0. The van der Waals surface area contributed by atoms with E-state index in [9.17, 15) is 9.90 Å². The molecule has 3 aromatic carbocycles. The van der Waals surface area contributed by atoms with Gasteiger partial charge in [0.25, 0.3) is 0 Å². The predicted molar refractivity (Wildman–Crippen MR) is 145 cm³/mol. The number of pyridine rings is 1. The highest BCUT2D eigenvalue weighted by molar-refractivity contribution is 5.79. The van der Waals surface area contributed by atoms with Gasteiger partial charge in [0.05, 0.1) is 0 Å². The predicted octanol–water partition coefficient (Wildman–Crippen LogP) is 6.09. The van der Waals surface area contributed by atoms with Gasteiger partial charge in [0, 0.05) is 18.3 Å². The van der Waals surface area contributed by atoms with Crippen LogP contribution < -0.4 is 0 Å². The van der Waals surface area contributed by atoms with Crippen molar-refractivity contribution in [2.45, 2.75) is 32.4 Å². The first kappa shape index (κ1) is 23.1. The first-order chi connectivity index (χ1) is 18.1. The second-order valence-electron chi connectivity index (χ2n) is 9.68. The van der Waals surface area contributed by atoms with Crippen molar-refractivity contribution in [1.82, 2.24) is 19.5 Å². The minimum atomic E-state index is -0.731. The molecule has 0 radical (unpaired) electrons. The van der Waals surface area contributed by atoms with E-state index in [0.717, 1.165) is 47.5 Å². The topological polar surface area (TPSA) is 70.7 Å². The number of hydrogen-bond acceptors (Lipinski definition) is 4. The van der Waals surface area contributed by atoms with E-state index in [1.807, 2.05) is 33.7 Å². The smallest absolute Gasteiger partial charge is 0.320 e. The standard InChI is InChI=1S/C31H28N4O2/c1-21-26(23-7-3-2-4-8-23)9-5-10-27(21)25-16-18-35-29(19-25)32-33-30(35)24-14-12-22(13-15-24)20-34-17-6-11-28(34)31(36)37/h2-5,7-10,12-16,18-19,28H,6,11,17,20H2,1H3,(H,36,37)/t28-/m0/s1. The molecule has 0 amide bonds. The van der Waals surface area contributed by atoms with Crippen LogP contribution in [0.1, 0.15) is 24.0 Å². The molecule has 0 unspecified atom stereocenters. The molecular weight excluding hydrogens is 460 g/mol. The van der Waals surface area contributed by atoms with Gasteiger partial charge in [-0.25, -0.2) is 0 Å². The number of benzene rings is 3. The van der Waals surface area contributed by atoms with Crippen molar-refractivity contribution in [2.75, 3.05) is 6.54 Å². The molecule has 3 heterocycles. The van der Waals surface area contributed by atoms with E-state index in [2.05, 4.69) is 83.9 Å². The maximum Gasteiger partial charge on any atom is 0.320 e. The van der Waals surface area contributed by atoms with Gasteiger partial charge in [-0.05, 0) is 71.8 Å². The van der Waals surface area contributed by atoms with Gasteiger partial charge in [-0.1, -0.05) is 72.8 Å². The fraction of sp³-hybridized carbons (Fsp3) is 0.194. The summed E-state index contributed by atoms with van der Waals surface area (Å²) in [5, 5.41) is 18.4. The molecule has 184 valence electrons. The van der Waals surface area contributed by atoms with E-state index in [4.69, 9.17) is 0 Å². The molecule has 0 bridgehead atoms. The number of rotatable bonds is 6. The van der Waals surface area contributed by atoms with E-state index >= 15 is 0 Å². The molecule has 0 spiro atoms. The summed E-state index contributed by atoms with van der Waals surface area (Å²) in [6.07, 6.45) is 3.68. The molecule has 1 fully saturated rings. The Morgan fingerprint density at radius 1 is 0.892 bits per heavy atom. The third kappa shape index (κ3) is 4.41. The van der Waals surface area contributed by atoms with E-state index in [0.29, 0.717) is 6.54 Å². The van der Waals surface area contributed by atoms with E-state index < -0.39 is 5.97 Å². The second kappa shape index (κ2) is 9.64. The zero-order chi connectivity index (χ0) is 25.4. The lowest BCUT2D eigenvalue weighted by Gasteiger charge is -2.21. The highest BCUT2D eigenvalue weighted by Crippen LogP contribution is 2.32. The monoisotopic (exact) mass is 488 g/mol. The molecular formula is C31H28N4O2. The molecule has 2 aromatic heterocycles. The molecule has 6 nitrogen and oxygen atoms in total. The van der Waals surface area contributed by atoms with Crippen LogP contribution in [0.5, 0.6) is 0 Å². The van der Waals surface area contributed by atoms with Gasteiger partial charge >= 0.3 is 5.97 Å². The average molecular weight is 489 g/mol. The highest BCUT2D eigenvalue weighted by atomic mass is 16.4. The van der Waals surface area contributed by atoms with Crippen LogP contribution in [-0.2, 0) is 11.3 Å². The Labute approximate surface area is 215 Å². The number of fused-ring (bicyclic) bond motifs is 1. The van der Waals surface area contributed by atoms with Crippen molar-refractivity contribution < 1.29 is 9.90 Å². The number of likely N-dealkylation sites (tertiary alicyclic amines) is 1. The van der Waals surface area contributed by atoms with E-state index in [1.54, 1.807) is 0 Å². The molecule has 1 atom stereocenters. The van der Waals surface area contributed by atoms with Gasteiger partial charge in [0.1, 0.15) is 6.04 Å². The Bertz CT molecular complexity index is 1570. The maximum absolute atomic E-state index is 11.5. The lowest BCUT2D eigenvalue weighted by atomic mass is 9.93. The maximum atomic E-state index is 11.5. The first-order valence-corrected chi connectivity index (χ1v) is 12.6. The van der Waals surface area contributed by atoms with Gasteiger partial charge in [-0.2, -0.15) is 0 Å². The van der Waals surface area contributed by atoms with Crippen molar-refractivity contribution in [3.05, 3.63) is 102 Å². The van der Waals surface area contributed by atoms with Crippen molar-refractivity contribution in [3.63, 3.8) is 0 Å². The quantitative estimate of drug-likeness (QED) is 0.313. The molecule has 5 aromatic rings. The van der Waals surface area contributed by atoms with Crippen molar-refractivity contribution in [1.29, 1.82) is 0 Å². The number of aromatic nitrogens is 3. The summed E-state index contributed by atoms with van der Waals surface area (Å²) < 4.78 is 2.01. The molecule has 1 aliphatic heterocycles. The van der Waals surface area contributed by atoms with E-state index in [-0.39, 0.29) is 6.04 Å². The van der Waals surface area contributed by atoms with Crippen LogP contribution in [0.25, 0.3) is 39.3 Å². The number of carbonyl (C=O) groups is 1. The SMILES string of the molecule is Cc1c(-c2ccccc2)cccc1-c1ccn2c(-c3ccc(CN4CCC[C@H]4C(=O)O)cc3)nnc2c1. The summed E-state index contributed by atoms with van der Waals surface area (Å²) in [4.78, 5) is 13.5. The normalized spacial score (nSPS) is 15.9. The number of carboxylic acid groups (broad SMARTS) is 1. The van der Waals surface area contributed by atoms with Gasteiger partial charge in [-0.3, -0.25) is 14.1 Å². The molecule has 37 heavy (non-hydrogen) atoms. The Kier molecular flexibility index (Phi) is 6.02. The Morgan fingerprint density at radius 3 is 2.41 bits per heavy atom. The van der Waals surface area contributed by atoms with Crippen LogP contribution in [0.3, 0.4) is 0 Å². The number of nitrogens with zero attached hydrogens (tertiary/aromatic N) is 4. The highest BCUT2D eigenvalue weighted by Gasteiger charge is 2.30. The van der Waals surface area contributed by atoms with Gasteiger partial charge < -0.3 is 5.11 Å². The third-order valence-electron chi connectivity index (χ3n) is 7.39. The first-order valence-electron chi connectivity index (χ1n) is 12.6. The Balaban J connectivity index is 1.27. The third-order valence-corrected chi connectivity index (χ3v) is 7.39. The molecule has 1 N–H and O–H groups in total. The number of hydrogen-bond donors (Lipinski definition) is 1. The van der Waals surface area contributed by atoms with Crippen LogP contribution >= 0.6 is 0 Å². The van der Waals surface area contributed by atoms with Gasteiger partial charge in [0.15, 0.2) is 11.5 Å². The second-order valence-corrected chi connectivity index (χ2v) is 9.68. The van der Waals surface area contributed by atoms with Crippen LogP contribution in [0.15, 0.2) is 91.1 Å². The summed E-state index contributed by atoms with van der Waals surface area (Å²) in [5.41, 5.74) is 8.82. The molecule has 1 aliphatic rings. The van der Waals surface area contributed by atoms with Crippen LogP contribution in [0.2, 0.25) is 0 Å². The molecule has 6 rings (SSSR count). The summed E-state index contributed by atoms with van der Waals surface area (Å²) in [6, 6.07) is 28.9. The molecule has 0 saturated carbocycles. The minimum absolute atomic E-state index is 0.383. The summed E-state index contributed by atoms with van der Waals surface area (Å²) in [7, 11) is 0. The molecule has 0 aliphatic carbocycles. The average Bonchev–Trinajstić information content (AvgIpc) is 3.57. The lowest BCUT2D eigenvalue weighted by molar-refractivity contribution is -0.142. The van der Waals surface area contributed by atoms with Gasteiger partial charge in [0.2, 0.25) is 0 Å². The fourth-order valence-corrected chi connectivity index (χ4v) is 5.42. The number of carboxylic acids is 1. The number of aliphatic carboxylic acids is 1. The zero-order valence-electron chi connectivity index (χ0n) is 20.7. The van der Waals surface area contributed by atoms with Crippen molar-refractivity contribution in [2.24, 2.45) is 0 Å². The van der Waals surface area contributed by atoms with Crippen LogP contribution in [0, 0.1) is 6.92 Å². The lowest BCUT2D eigenvalue weighted by Crippen LogP contribution is -2.35. The van der Waals surface area contributed by atoms with Crippen molar-refractivity contribution >= 4 is 11.6 Å². The molecule has 6 heteroatoms. The summed E-state index contributed by atoms with van der Waals surface area (Å²) in [5.74, 6) is 0.0536. The Hall–Kier alpha value is -4.29. The molecule has 1 saturated heterocycles.